The molecule has 5 rings (SSSR count). The summed E-state index contributed by atoms with van der Waals surface area (Å²) in [7, 11) is 0. The number of hydrogen-bond donors (Lipinski definition) is 2. The first kappa shape index (κ1) is 25.5. The summed E-state index contributed by atoms with van der Waals surface area (Å²) in [6.45, 7) is 6.22. The van der Waals surface area contributed by atoms with Crippen molar-refractivity contribution in [3.05, 3.63) is 102 Å². The molecule has 2 heterocycles. The molecule has 0 aliphatic carbocycles. The summed E-state index contributed by atoms with van der Waals surface area (Å²) in [5.41, 5.74) is 4.93. The Labute approximate surface area is 221 Å². The van der Waals surface area contributed by atoms with Crippen LogP contribution in [0.4, 0.5) is 10.5 Å². The smallest absolute Gasteiger partial charge is 0.319 e. The molecule has 194 valence electrons. The number of amides is 2. The van der Waals surface area contributed by atoms with Gasteiger partial charge in [0.25, 0.3) is 0 Å². The Morgan fingerprint density at radius 2 is 1.24 bits per heavy atom. The fraction of sp³-hybridized carbons (Fsp3) is 0.406. The Kier molecular flexibility index (Phi) is 8.88. The first-order valence-corrected chi connectivity index (χ1v) is 13.9. The monoisotopic (exact) mass is 496 g/mol. The van der Waals surface area contributed by atoms with E-state index < -0.39 is 0 Å². The minimum absolute atomic E-state index is 0.0969. The number of carbonyl (C=O) groups excluding carboxylic acids is 1. The van der Waals surface area contributed by atoms with Crippen molar-refractivity contribution >= 4 is 11.7 Å². The van der Waals surface area contributed by atoms with Crippen LogP contribution in [-0.2, 0) is 19.5 Å². The standard InChI is InChI=1S/C32H40N4O/c37-32(33-30-16-20-36(21-17-30)24-28-10-5-2-6-11-28)34-31-13-7-12-29(23-31)25-35-18-14-27(15-19-35)22-26-8-3-1-4-9-26/h1-13,23,27,30H,14-22,24-25H2,(H2,33,34,37). The van der Waals surface area contributed by atoms with Crippen LogP contribution in [0.15, 0.2) is 84.9 Å². The molecule has 0 saturated carbocycles. The average Bonchev–Trinajstić information content (AvgIpc) is 2.92. The molecule has 2 N–H and O–H groups in total. The van der Waals surface area contributed by atoms with E-state index in [1.807, 2.05) is 6.07 Å². The number of nitrogens with one attached hydrogen (secondary N) is 2. The summed E-state index contributed by atoms with van der Waals surface area (Å²) >= 11 is 0. The summed E-state index contributed by atoms with van der Waals surface area (Å²) in [6, 6.07) is 29.9. The Bertz CT molecular complexity index is 1100. The van der Waals surface area contributed by atoms with Gasteiger partial charge in [-0.05, 0) is 79.9 Å². The normalized spacial score (nSPS) is 17.9. The molecule has 3 aromatic carbocycles. The highest BCUT2D eigenvalue weighted by Gasteiger charge is 2.22. The second-order valence-corrected chi connectivity index (χ2v) is 10.7. The number of rotatable bonds is 8. The molecular formula is C32H40N4O. The zero-order valence-electron chi connectivity index (χ0n) is 21.8. The lowest BCUT2D eigenvalue weighted by molar-refractivity contribution is 0.177. The van der Waals surface area contributed by atoms with Crippen LogP contribution < -0.4 is 10.6 Å². The maximum absolute atomic E-state index is 12.7. The molecule has 0 radical (unpaired) electrons. The number of piperidine rings is 2. The minimum Gasteiger partial charge on any atom is -0.335 e. The van der Waals surface area contributed by atoms with Crippen molar-refractivity contribution in [3.63, 3.8) is 0 Å². The zero-order chi connectivity index (χ0) is 25.3. The molecule has 5 nitrogen and oxygen atoms in total. The summed E-state index contributed by atoms with van der Waals surface area (Å²) in [5, 5.41) is 6.26. The maximum atomic E-state index is 12.7. The SMILES string of the molecule is O=C(Nc1cccc(CN2CCC(Cc3ccccc3)CC2)c1)NC1CCN(Cc2ccccc2)CC1. The molecule has 0 bridgehead atoms. The van der Waals surface area contributed by atoms with Crippen molar-refractivity contribution in [1.29, 1.82) is 0 Å². The Hall–Kier alpha value is -3.15. The van der Waals surface area contributed by atoms with Crippen molar-refractivity contribution in [1.82, 2.24) is 15.1 Å². The lowest BCUT2D eigenvalue weighted by Gasteiger charge is -2.32. The molecule has 37 heavy (non-hydrogen) atoms. The van der Waals surface area contributed by atoms with Gasteiger partial charge < -0.3 is 10.6 Å². The molecule has 0 atom stereocenters. The van der Waals surface area contributed by atoms with E-state index in [0.717, 1.165) is 63.7 Å². The fourth-order valence-electron chi connectivity index (χ4n) is 5.73. The molecule has 3 aromatic rings. The van der Waals surface area contributed by atoms with E-state index in [1.165, 1.54) is 36.0 Å². The average molecular weight is 497 g/mol. The zero-order valence-corrected chi connectivity index (χ0v) is 21.8. The van der Waals surface area contributed by atoms with Crippen LogP contribution in [0.5, 0.6) is 0 Å². The highest BCUT2D eigenvalue weighted by molar-refractivity contribution is 5.89. The second kappa shape index (κ2) is 12.9. The molecule has 0 spiro atoms. The summed E-state index contributed by atoms with van der Waals surface area (Å²) in [4.78, 5) is 17.7. The summed E-state index contributed by atoms with van der Waals surface area (Å²) < 4.78 is 0. The van der Waals surface area contributed by atoms with E-state index in [0.29, 0.717) is 0 Å². The lowest BCUT2D eigenvalue weighted by Crippen LogP contribution is -2.45. The van der Waals surface area contributed by atoms with Crippen molar-refractivity contribution < 1.29 is 4.79 Å². The number of likely N-dealkylation sites (tertiary alicyclic amines) is 2. The molecular weight excluding hydrogens is 456 g/mol. The van der Waals surface area contributed by atoms with Gasteiger partial charge in [0, 0.05) is 37.9 Å². The molecule has 2 amide bonds. The number of benzene rings is 3. The molecule has 2 aliphatic heterocycles. The molecule has 2 fully saturated rings. The fourth-order valence-corrected chi connectivity index (χ4v) is 5.73. The minimum atomic E-state index is -0.0969. The van der Waals surface area contributed by atoms with E-state index in [2.05, 4.69) is 99.3 Å². The van der Waals surface area contributed by atoms with Crippen molar-refractivity contribution in [2.24, 2.45) is 5.92 Å². The van der Waals surface area contributed by atoms with Gasteiger partial charge in [-0.15, -0.1) is 0 Å². The third-order valence-corrected chi connectivity index (χ3v) is 7.84. The number of anilines is 1. The van der Waals surface area contributed by atoms with Crippen LogP contribution in [0.25, 0.3) is 0 Å². The van der Waals surface area contributed by atoms with Gasteiger partial charge >= 0.3 is 6.03 Å². The number of hydrogen-bond acceptors (Lipinski definition) is 3. The van der Waals surface area contributed by atoms with Crippen LogP contribution in [0.3, 0.4) is 0 Å². The van der Waals surface area contributed by atoms with Crippen LogP contribution in [0.1, 0.15) is 42.4 Å². The predicted octanol–water partition coefficient (Wildman–Crippen LogP) is 5.93. The molecule has 2 aliphatic rings. The maximum Gasteiger partial charge on any atom is 0.319 e. The Morgan fingerprint density at radius 3 is 1.92 bits per heavy atom. The van der Waals surface area contributed by atoms with Crippen LogP contribution in [-0.4, -0.2) is 48.1 Å². The number of carbonyl (C=O) groups is 1. The van der Waals surface area contributed by atoms with Crippen molar-refractivity contribution in [3.8, 4) is 0 Å². The number of urea groups is 1. The van der Waals surface area contributed by atoms with Gasteiger partial charge in [0.1, 0.15) is 0 Å². The van der Waals surface area contributed by atoms with Crippen LogP contribution >= 0.6 is 0 Å². The van der Waals surface area contributed by atoms with Gasteiger partial charge in [0.2, 0.25) is 0 Å². The van der Waals surface area contributed by atoms with Crippen molar-refractivity contribution in [2.45, 2.75) is 51.2 Å². The van der Waals surface area contributed by atoms with E-state index in [9.17, 15) is 4.79 Å². The third kappa shape index (κ3) is 7.91. The Morgan fingerprint density at radius 1 is 0.676 bits per heavy atom. The Balaban J connectivity index is 1.03. The second-order valence-electron chi connectivity index (χ2n) is 10.7. The molecule has 2 saturated heterocycles. The van der Waals surface area contributed by atoms with Crippen LogP contribution in [0.2, 0.25) is 0 Å². The highest BCUT2D eigenvalue weighted by Crippen LogP contribution is 2.23. The van der Waals surface area contributed by atoms with Gasteiger partial charge in [-0.3, -0.25) is 9.80 Å². The number of nitrogens with zero attached hydrogens (tertiary/aromatic N) is 2. The largest absolute Gasteiger partial charge is 0.335 e. The van der Waals surface area contributed by atoms with E-state index in [-0.39, 0.29) is 12.1 Å². The van der Waals surface area contributed by atoms with E-state index in [1.54, 1.807) is 0 Å². The van der Waals surface area contributed by atoms with Gasteiger partial charge in [0.05, 0.1) is 0 Å². The van der Waals surface area contributed by atoms with E-state index in [4.69, 9.17) is 0 Å². The first-order chi connectivity index (χ1) is 18.2. The molecule has 5 heteroatoms. The summed E-state index contributed by atoms with van der Waals surface area (Å²) in [6.07, 6.45) is 5.66. The highest BCUT2D eigenvalue weighted by atomic mass is 16.2. The topological polar surface area (TPSA) is 47.6 Å². The first-order valence-electron chi connectivity index (χ1n) is 13.9. The molecule has 0 unspecified atom stereocenters. The lowest BCUT2D eigenvalue weighted by atomic mass is 9.90. The van der Waals surface area contributed by atoms with E-state index >= 15 is 0 Å². The summed E-state index contributed by atoms with van der Waals surface area (Å²) in [5.74, 6) is 0.778. The third-order valence-electron chi connectivity index (χ3n) is 7.84. The predicted molar refractivity (Wildman–Crippen MR) is 151 cm³/mol. The quantitative estimate of drug-likeness (QED) is 0.407. The van der Waals surface area contributed by atoms with Gasteiger partial charge in [-0.2, -0.15) is 0 Å². The van der Waals surface area contributed by atoms with Gasteiger partial charge in [0.15, 0.2) is 0 Å². The van der Waals surface area contributed by atoms with Crippen LogP contribution in [0, 0.1) is 5.92 Å². The van der Waals surface area contributed by atoms with Gasteiger partial charge in [-0.1, -0.05) is 72.8 Å². The van der Waals surface area contributed by atoms with Gasteiger partial charge in [-0.25, -0.2) is 4.79 Å². The van der Waals surface area contributed by atoms with Crippen molar-refractivity contribution in [2.75, 3.05) is 31.5 Å². The molecule has 0 aromatic heterocycles.